The van der Waals surface area contributed by atoms with Gasteiger partial charge in [-0.1, -0.05) is 0 Å². The highest BCUT2D eigenvalue weighted by Gasteiger charge is 2.16. The fraction of sp³-hybridized carbons (Fsp3) is 0.429. The molecule has 0 atom stereocenters. The first-order valence-corrected chi connectivity index (χ1v) is 7.00. The molecule has 0 amide bonds. The maximum absolute atomic E-state index is 11.1. The van der Waals surface area contributed by atoms with Gasteiger partial charge in [0.1, 0.15) is 11.3 Å². The largest absolute Gasteiger partial charge is 0.493 e. The zero-order valence-corrected chi connectivity index (χ0v) is 13.1. The molecule has 19 heavy (non-hydrogen) atoms. The fourth-order valence-electron chi connectivity index (χ4n) is 1.55. The van der Waals surface area contributed by atoms with Crippen LogP contribution in [0.4, 0.5) is 0 Å². The van der Waals surface area contributed by atoms with Crippen molar-refractivity contribution in [2.75, 3.05) is 6.61 Å². The van der Waals surface area contributed by atoms with E-state index < -0.39 is 5.97 Å². The van der Waals surface area contributed by atoms with E-state index >= 15 is 0 Å². The number of hydrogen-bond donors (Lipinski definition) is 1. The van der Waals surface area contributed by atoms with E-state index in [1.165, 1.54) is 0 Å². The normalized spacial score (nSPS) is 10.8. The molecule has 5 heteroatoms. The summed E-state index contributed by atoms with van der Waals surface area (Å²) < 4.78 is 6.35. The summed E-state index contributed by atoms with van der Waals surface area (Å²) in [6, 6.07) is 7.28. The molecule has 0 aliphatic heterocycles. The van der Waals surface area contributed by atoms with Gasteiger partial charge in [0.2, 0.25) is 0 Å². The number of rotatable bonds is 6. The third kappa shape index (κ3) is 5.07. The Morgan fingerprint density at radius 3 is 2.79 bits per heavy atom. The lowest BCUT2D eigenvalue weighted by atomic mass is 9.90. The lowest BCUT2D eigenvalue weighted by molar-refractivity contribution is 0.0692. The summed E-state index contributed by atoms with van der Waals surface area (Å²) in [5.74, 6) is -0.617. The van der Waals surface area contributed by atoms with E-state index in [0.717, 1.165) is 9.99 Å². The smallest absolute Gasteiger partial charge is 0.339 e. The topological polar surface area (TPSA) is 70.3 Å². The highest BCUT2D eigenvalue weighted by molar-refractivity contribution is 14.1. The minimum atomic E-state index is -0.995. The summed E-state index contributed by atoms with van der Waals surface area (Å²) in [7, 11) is 0. The van der Waals surface area contributed by atoms with Gasteiger partial charge in [-0.25, -0.2) is 4.79 Å². The summed E-state index contributed by atoms with van der Waals surface area (Å²) in [5, 5.41) is 18.0. The predicted molar refractivity (Wildman–Crippen MR) is 80.2 cm³/mol. The molecule has 0 aliphatic carbocycles. The van der Waals surface area contributed by atoms with E-state index in [1.54, 1.807) is 12.1 Å². The maximum Gasteiger partial charge on any atom is 0.339 e. The number of nitrogens with zero attached hydrogens (tertiary/aromatic N) is 1. The van der Waals surface area contributed by atoms with Crippen molar-refractivity contribution >= 4 is 28.6 Å². The summed E-state index contributed by atoms with van der Waals surface area (Å²) in [6.07, 6.45) is 1.43. The third-order valence-electron chi connectivity index (χ3n) is 2.68. The van der Waals surface area contributed by atoms with Crippen molar-refractivity contribution < 1.29 is 14.6 Å². The van der Waals surface area contributed by atoms with Crippen LogP contribution in [0.3, 0.4) is 0 Å². The Balaban J connectivity index is 2.59. The van der Waals surface area contributed by atoms with Crippen molar-refractivity contribution in [1.29, 1.82) is 5.26 Å². The Kier molecular flexibility index (Phi) is 5.60. The van der Waals surface area contributed by atoms with Gasteiger partial charge in [0, 0.05) is 3.57 Å². The number of aromatic carboxylic acids is 1. The van der Waals surface area contributed by atoms with Crippen molar-refractivity contribution in [3.8, 4) is 11.8 Å². The molecule has 0 radical (unpaired) electrons. The third-order valence-corrected chi connectivity index (χ3v) is 3.35. The second-order valence-corrected chi connectivity index (χ2v) is 6.14. The van der Waals surface area contributed by atoms with Gasteiger partial charge in [-0.2, -0.15) is 5.26 Å². The highest BCUT2D eigenvalue weighted by Crippen LogP contribution is 2.23. The van der Waals surface area contributed by atoms with Crippen LogP contribution in [0.15, 0.2) is 18.2 Å². The molecule has 0 bridgehead atoms. The average molecular weight is 373 g/mol. The van der Waals surface area contributed by atoms with E-state index in [4.69, 9.17) is 15.1 Å². The van der Waals surface area contributed by atoms with Crippen molar-refractivity contribution in [1.82, 2.24) is 0 Å². The zero-order chi connectivity index (χ0) is 14.5. The lowest BCUT2D eigenvalue weighted by Gasteiger charge is -2.15. The van der Waals surface area contributed by atoms with Gasteiger partial charge in [-0.3, -0.25) is 0 Å². The quantitative estimate of drug-likeness (QED) is 0.610. The van der Waals surface area contributed by atoms with Crippen LogP contribution in [-0.4, -0.2) is 17.7 Å². The van der Waals surface area contributed by atoms with Crippen LogP contribution in [0, 0.1) is 20.3 Å². The van der Waals surface area contributed by atoms with Crippen LogP contribution in [0.5, 0.6) is 5.75 Å². The molecule has 102 valence electrons. The molecule has 0 saturated carbocycles. The Morgan fingerprint density at radius 2 is 2.21 bits per heavy atom. The van der Waals surface area contributed by atoms with Crippen molar-refractivity contribution in [2.24, 2.45) is 5.41 Å². The van der Waals surface area contributed by atoms with E-state index in [2.05, 4.69) is 28.7 Å². The summed E-state index contributed by atoms with van der Waals surface area (Å²) >= 11 is 2.06. The number of nitriles is 1. The number of carboxylic acids is 1. The van der Waals surface area contributed by atoms with Crippen LogP contribution >= 0.6 is 22.6 Å². The minimum Gasteiger partial charge on any atom is -0.493 e. The molecule has 1 aromatic rings. The molecular weight excluding hydrogens is 357 g/mol. The molecule has 0 spiro atoms. The molecule has 0 heterocycles. The predicted octanol–water partition coefficient (Wildman–Crippen LogP) is 3.70. The summed E-state index contributed by atoms with van der Waals surface area (Å²) in [6.45, 7) is 4.16. The second-order valence-electron chi connectivity index (χ2n) is 4.89. The van der Waals surface area contributed by atoms with Gasteiger partial charge >= 0.3 is 5.97 Å². The molecule has 1 aromatic carbocycles. The van der Waals surface area contributed by atoms with Crippen molar-refractivity contribution in [3.05, 3.63) is 27.3 Å². The van der Waals surface area contributed by atoms with Gasteiger partial charge in [0.25, 0.3) is 0 Å². The van der Waals surface area contributed by atoms with E-state index in [-0.39, 0.29) is 11.0 Å². The van der Waals surface area contributed by atoms with Gasteiger partial charge in [-0.05, 0) is 67.5 Å². The molecule has 0 aliphatic rings. The first-order chi connectivity index (χ1) is 8.85. The summed E-state index contributed by atoms with van der Waals surface area (Å²) in [4.78, 5) is 11.1. The first kappa shape index (κ1) is 15.8. The van der Waals surface area contributed by atoms with Crippen LogP contribution in [0.2, 0.25) is 0 Å². The number of hydrogen-bond acceptors (Lipinski definition) is 3. The van der Waals surface area contributed by atoms with E-state index in [9.17, 15) is 4.79 Å². The van der Waals surface area contributed by atoms with Gasteiger partial charge in [-0.15, -0.1) is 0 Å². The molecular formula is C14H16INO3. The molecule has 0 aromatic heterocycles. The average Bonchev–Trinajstić information content (AvgIpc) is 2.36. The highest BCUT2D eigenvalue weighted by atomic mass is 127. The molecule has 0 saturated heterocycles. The van der Waals surface area contributed by atoms with Crippen molar-refractivity contribution in [2.45, 2.75) is 26.7 Å². The second kappa shape index (κ2) is 6.75. The lowest BCUT2D eigenvalue weighted by Crippen LogP contribution is -2.11. The molecule has 0 unspecified atom stereocenters. The van der Waals surface area contributed by atoms with Gasteiger partial charge < -0.3 is 9.84 Å². The maximum atomic E-state index is 11.1. The molecule has 0 fully saturated rings. The van der Waals surface area contributed by atoms with Crippen LogP contribution in [-0.2, 0) is 0 Å². The van der Waals surface area contributed by atoms with E-state index in [1.807, 2.05) is 19.9 Å². The Hall–Kier alpha value is -1.29. The molecule has 4 nitrogen and oxygen atoms in total. The number of ether oxygens (including phenoxy) is 1. The fourth-order valence-corrected chi connectivity index (χ4v) is 2.04. The monoisotopic (exact) mass is 373 g/mol. The molecule has 1 N–H and O–H groups in total. The van der Waals surface area contributed by atoms with Crippen LogP contribution < -0.4 is 4.74 Å². The standard InChI is InChI=1S/C14H16INO3/c1-14(2,9-16)6-3-7-19-12-5-4-10(15)8-11(12)13(17)18/h4-5,8H,3,6-7H2,1-2H3,(H,17,18). The van der Waals surface area contributed by atoms with E-state index in [0.29, 0.717) is 18.8 Å². The number of halogens is 1. The SMILES string of the molecule is CC(C)(C#N)CCCOc1ccc(I)cc1C(=O)O. The Labute approximate surface area is 126 Å². The minimum absolute atomic E-state index is 0.173. The number of benzene rings is 1. The Bertz CT molecular complexity index is 506. The zero-order valence-electron chi connectivity index (χ0n) is 10.9. The number of carbonyl (C=O) groups is 1. The van der Waals surface area contributed by atoms with Crippen LogP contribution in [0.25, 0.3) is 0 Å². The summed E-state index contributed by atoms with van der Waals surface area (Å²) in [5.41, 5.74) is -0.197. The first-order valence-electron chi connectivity index (χ1n) is 5.92. The van der Waals surface area contributed by atoms with Gasteiger partial charge in [0.15, 0.2) is 0 Å². The number of carboxylic acid groups (broad SMARTS) is 1. The van der Waals surface area contributed by atoms with Crippen LogP contribution in [0.1, 0.15) is 37.0 Å². The van der Waals surface area contributed by atoms with Gasteiger partial charge in [0.05, 0.1) is 18.1 Å². The Morgan fingerprint density at radius 1 is 1.53 bits per heavy atom. The molecule has 1 rings (SSSR count). The van der Waals surface area contributed by atoms with Crippen molar-refractivity contribution in [3.63, 3.8) is 0 Å².